The Morgan fingerprint density at radius 3 is 2.69 bits per heavy atom. The van der Waals surface area contributed by atoms with Gasteiger partial charge in [-0.1, -0.05) is 42.4 Å². The van der Waals surface area contributed by atoms with Crippen molar-refractivity contribution in [2.75, 3.05) is 6.54 Å². The molecule has 1 fully saturated rings. The topological polar surface area (TPSA) is 72.1 Å². The number of carbonyl (C=O) groups is 1. The van der Waals surface area contributed by atoms with Crippen LogP contribution in [0.1, 0.15) is 73.4 Å². The molecule has 0 saturated carbocycles. The molecule has 6 heteroatoms. The first kappa shape index (κ1) is 22.2. The third-order valence-corrected chi connectivity index (χ3v) is 6.35. The first-order chi connectivity index (χ1) is 15.6. The highest BCUT2D eigenvalue weighted by Crippen LogP contribution is 2.37. The number of aromatic nitrogens is 3. The lowest BCUT2D eigenvalue weighted by Crippen LogP contribution is -2.39. The summed E-state index contributed by atoms with van der Waals surface area (Å²) in [6, 6.07) is 10.1. The van der Waals surface area contributed by atoms with Gasteiger partial charge < -0.3 is 9.42 Å². The molecule has 168 valence electrons. The standard InChI is InChI=1S/C26H32N4O2/c1-4-10-23-27-17-21(26-18(2)19(3)29-32-26)25(28-23)22-13-8-9-16-30(22)24(31)15-14-20-11-6-5-7-12-20/h5-7,11-12,17,22H,4,8-10,13-16H2,1-3H3/t22-/m0/s1. The second-order valence-electron chi connectivity index (χ2n) is 8.64. The van der Waals surface area contributed by atoms with Crippen LogP contribution in [0.2, 0.25) is 0 Å². The summed E-state index contributed by atoms with van der Waals surface area (Å²) in [4.78, 5) is 24.9. The van der Waals surface area contributed by atoms with Crippen molar-refractivity contribution >= 4 is 5.91 Å². The highest BCUT2D eigenvalue weighted by atomic mass is 16.5. The van der Waals surface area contributed by atoms with E-state index in [2.05, 4.69) is 29.2 Å². The van der Waals surface area contributed by atoms with Crippen molar-refractivity contribution in [2.45, 2.75) is 71.8 Å². The zero-order valence-corrected chi connectivity index (χ0v) is 19.3. The number of piperidine rings is 1. The van der Waals surface area contributed by atoms with Crippen molar-refractivity contribution in [3.63, 3.8) is 0 Å². The van der Waals surface area contributed by atoms with Crippen LogP contribution in [0.15, 0.2) is 41.1 Å². The molecule has 1 aromatic carbocycles. The van der Waals surface area contributed by atoms with E-state index in [1.54, 1.807) is 0 Å². The molecule has 0 radical (unpaired) electrons. The van der Waals surface area contributed by atoms with Crippen molar-refractivity contribution in [3.05, 3.63) is 64.9 Å². The van der Waals surface area contributed by atoms with Crippen LogP contribution in [-0.2, 0) is 17.6 Å². The van der Waals surface area contributed by atoms with Crippen LogP contribution < -0.4 is 0 Å². The van der Waals surface area contributed by atoms with E-state index in [0.717, 1.165) is 73.4 Å². The average molecular weight is 433 g/mol. The lowest BCUT2D eigenvalue weighted by Gasteiger charge is -2.36. The molecule has 3 aromatic rings. The largest absolute Gasteiger partial charge is 0.356 e. The van der Waals surface area contributed by atoms with E-state index in [4.69, 9.17) is 9.51 Å². The Kier molecular flexibility index (Phi) is 6.98. The van der Waals surface area contributed by atoms with E-state index >= 15 is 0 Å². The first-order valence-corrected chi connectivity index (χ1v) is 11.7. The molecule has 1 amide bonds. The Balaban J connectivity index is 1.66. The third-order valence-electron chi connectivity index (χ3n) is 6.35. The summed E-state index contributed by atoms with van der Waals surface area (Å²) in [6.45, 7) is 6.84. The number of likely N-dealkylation sites (tertiary alicyclic amines) is 1. The van der Waals surface area contributed by atoms with Crippen molar-refractivity contribution in [3.8, 4) is 11.3 Å². The molecule has 0 spiro atoms. The fraction of sp³-hybridized carbons (Fsp3) is 0.462. The highest BCUT2D eigenvalue weighted by Gasteiger charge is 2.32. The van der Waals surface area contributed by atoms with E-state index in [1.807, 2.05) is 43.1 Å². The summed E-state index contributed by atoms with van der Waals surface area (Å²) in [6.07, 6.45) is 7.91. The van der Waals surface area contributed by atoms with Crippen LogP contribution in [0.5, 0.6) is 0 Å². The van der Waals surface area contributed by atoms with Crippen molar-refractivity contribution in [1.82, 2.24) is 20.0 Å². The average Bonchev–Trinajstić information content (AvgIpc) is 3.16. The predicted molar refractivity (Wildman–Crippen MR) is 124 cm³/mol. The number of hydrogen-bond acceptors (Lipinski definition) is 5. The Morgan fingerprint density at radius 2 is 1.97 bits per heavy atom. The normalized spacial score (nSPS) is 16.3. The van der Waals surface area contributed by atoms with Crippen LogP contribution in [0.25, 0.3) is 11.3 Å². The molecular formula is C26H32N4O2. The van der Waals surface area contributed by atoms with Gasteiger partial charge in [-0.05, 0) is 51.5 Å². The molecule has 6 nitrogen and oxygen atoms in total. The Morgan fingerprint density at radius 1 is 1.16 bits per heavy atom. The SMILES string of the molecule is CCCc1ncc(-c2onc(C)c2C)c([C@@H]2CCCCN2C(=O)CCc2ccccc2)n1. The molecule has 2 aromatic heterocycles. The minimum Gasteiger partial charge on any atom is -0.356 e. The van der Waals surface area contributed by atoms with Gasteiger partial charge in [0.25, 0.3) is 0 Å². The Labute approximate surface area is 190 Å². The third kappa shape index (κ3) is 4.74. The Bertz CT molecular complexity index is 1060. The van der Waals surface area contributed by atoms with Crippen LogP contribution in [-0.4, -0.2) is 32.5 Å². The molecule has 1 saturated heterocycles. The van der Waals surface area contributed by atoms with E-state index in [0.29, 0.717) is 12.2 Å². The van der Waals surface area contributed by atoms with Gasteiger partial charge in [0.15, 0.2) is 5.76 Å². The van der Waals surface area contributed by atoms with Gasteiger partial charge in [-0.25, -0.2) is 9.97 Å². The van der Waals surface area contributed by atoms with E-state index in [-0.39, 0.29) is 11.9 Å². The summed E-state index contributed by atoms with van der Waals surface area (Å²) in [5.41, 5.74) is 4.81. The van der Waals surface area contributed by atoms with Gasteiger partial charge in [-0.15, -0.1) is 0 Å². The number of carbonyl (C=O) groups excluding carboxylic acids is 1. The molecule has 32 heavy (non-hydrogen) atoms. The summed E-state index contributed by atoms with van der Waals surface area (Å²) in [5, 5.41) is 4.14. The number of aryl methyl sites for hydroxylation is 3. The maximum Gasteiger partial charge on any atom is 0.223 e. The maximum atomic E-state index is 13.3. The fourth-order valence-electron chi connectivity index (χ4n) is 4.43. The lowest BCUT2D eigenvalue weighted by molar-refractivity contribution is -0.135. The molecule has 1 aliphatic rings. The molecule has 0 N–H and O–H groups in total. The summed E-state index contributed by atoms with van der Waals surface area (Å²) in [5.74, 6) is 1.72. The van der Waals surface area contributed by atoms with Gasteiger partial charge in [0.2, 0.25) is 5.91 Å². The number of rotatable bonds is 7. The van der Waals surface area contributed by atoms with Crippen LogP contribution in [0.3, 0.4) is 0 Å². The molecule has 0 unspecified atom stereocenters. The van der Waals surface area contributed by atoms with Gasteiger partial charge in [0, 0.05) is 31.1 Å². The fourth-order valence-corrected chi connectivity index (χ4v) is 4.43. The summed E-state index contributed by atoms with van der Waals surface area (Å²) < 4.78 is 5.68. The number of hydrogen-bond donors (Lipinski definition) is 0. The number of benzene rings is 1. The number of nitrogens with zero attached hydrogens (tertiary/aromatic N) is 4. The van der Waals surface area contributed by atoms with E-state index in [9.17, 15) is 4.79 Å². The van der Waals surface area contributed by atoms with Crippen LogP contribution >= 0.6 is 0 Å². The van der Waals surface area contributed by atoms with E-state index < -0.39 is 0 Å². The van der Waals surface area contributed by atoms with Gasteiger partial charge in [0.1, 0.15) is 5.82 Å². The minimum atomic E-state index is -0.0644. The second kappa shape index (κ2) is 10.1. The molecule has 4 rings (SSSR count). The number of amides is 1. The minimum absolute atomic E-state index is 0.0644. The van der Waals surface area contributed by atoms with Crippen LogP contribution in [0, 0.1) is 13.8 Å². The van der Waals surface area contributed by atoms with Gasteiger partial charge in [-0.2, -0.15) is 0 Å². The zero-order valence-electron chi connectivity index (χ0n) is 19.3. The molecule has 1 atom stereocenters. The van der Waals surface area contributed by atoms with Gasteiger partial charge in [0.05, 0.1) is 23.0 Å². The molecule has 3 heterocycles. The molecular weight excluding hydrogens is 400 g/mol. The predicted octanol–water partition coefficient (Wildman–Crippen LogP) is 5.39. The summed E-state index contributed by atoms with van der Waals surface area (Å²) in [7, 11) is 0. The van der Waals surface area contributed by atoms with Gasteiger partial charge in [-0.3, -0.25) is 4.79 Å². The molecule has 0 bridgehead atoms. The smallest absolute Gasteiger partial charge is 0.223 e. The summed E-state index contributed by atoms with van der Waals surface area (Å²) >= 11 is 0. The Hall–Kier alpha value is -3.02. The van der Waals surface area contributed by atoms with Crippen molar-refractivity contribution < 1.29 is 9.32 Å². The van der Waals surface area contributed by atoms with E-state index in [1.165, 1.54) is 5.56 Å². The quantitative estimate of drug-likeness (QED) is 0.501. The van der Waals surface area contributed by atoms with Crippen molar-refractivity contribution in [1.29, 1.82) is 0 Å². The lowest BCUT2D eigenvalue weighted by atomic mass is 9.94. The zero-order chi connectivity index (χ0) is 22.5. The van der Waals surface area contributed by atoms with Crippen molar-refractivity contribution in [2.24, 2.45) is 0 Å². The first-order valence-electron chi connectivity index (χ1n) is 11.7. The second-order valence-corrected chi connectivity index (χ2v) is 8.64. The monoisotopic (exact) mass is 432 g/mol. The highest BCUT2D eigenvalue weighted by molar-refractivity contribution is 5.77. The molecule has 1 aliphatic heterocycles. The van der Waals surface area contributed by atoms with Crippen LogP contribution in [0.4, 0.5) is 0 Å². The molecule has 0 aliphatic carbocycles. The maximum absolute atomic E-state index is 13.3. The van der Waals surface area contributed by atoms with Gasteiger partial charge >= 0.3 is 0 Å².